The number of nitrogens with one attached hydrogen (secondary N) is 2. The zero-order chi connectivity index (χ0) is 19.4. The van der Waals surface area contributed by atoms with Gasteiger partial charge in [0.05, 0.1) is 0 Å². The maximum Gasteiger partial charge on any atom is 0.256 e. The average Bonchev–Trinajstić information content (AvgIpc) is 2.66. The van der Waals surface area contributed by atoms with E-state index in [4.69, 9.17) is 0 Å². The summed E-state index contributed by atoms with van der Waals surface area (Å²) < 4.78 is 26.1. The van der Waals surface area contributed by atoms with Gasteiger partial charge in [-0.05, 0) is 61.5 Å². The number of rotatable bonds is 5. The highest BCUT2D eigenvalue weighted by Crippen LogP contribution is 2.16. The first kappa shape index (κ1) is 18.1. The largest absolute Gasteiger partial charge is 0.339 e. The smallest absolute Gasteiger partial charge is 0.256 e. The van der Waals surface area contributed by atoms with Crippen LogP contribution < -0.4 is 10.6 Å². The van der Waals surface area contributed by atoms with E-state index in [1.807, 2.05) is 0 Å². The Hall–Kier alpha value is -3.68. The third-order valence-corrected chi connectivity index (χ3v) is 3.65. The van der Waals surface area contributed by atoms with Gasteiger partial charge in [-0.15, -0.1) is 10.2 Å². The number of amides is 1. The Morgan fingerprint density at radius 2 is 1.44 bits per heavy atom. The van der Waals surface area contributed by atoms with Gasteiger partial charge in [-0.1, -0.05) is 0 Å². The summed E-state index contributed by atoms with van der Waals surface area (Å²) in [6.07, 6.45) is 0. The van der Waals surface area contributed by atoms with Crippen LogP contribution in [0.25, 0.3) is 0 Å². The van der Waals surface area contributed by atoms with Crippen LogP contribution in [0.4, 0.5) is 26.1 Å². The molecule has 1 aromatic heterocycles. The molecule has 0 aliphatic rings. The van der Waals surface area contributed by atoms with E-state index in [1.165, 1.54) is 19.1 Å². The number of carbonyl (C=O) groups is 2. The van der Waals surface area contributed by atoms with Crippen molar-refractivity contribution in [1.82, 2.24) is 10.2 Å². The SMILES string of the molecule is CC(=O)c1ccc(Nc2ccc(NC(=O)c3ccc(F)c(F)c3)nn2)cc1. The van der Waals surface area contributed by atoms with Gasteiger partial charge in [0.2, 0.25) is 0 Å². The molecule has 3 aromatic rings. The molecule has 0 saturated heterocycles. The minimum absolute atomic E-state index is 0.0255. The molecule has 0 radical (unpaired) electrons. The number of anilines is 3. The lowest BCUT2D eigenvalue weighted by Crippen LogP contribution is -2.14. The van der Waals surface area contributed by atoms with E-state index in [2.05, 4.69) is 20.8 Å². The fraction of sp³-hybridized carbons (Fsp3) is 0.0526. The molecule has 136 valence electrons. The van der Waals surface area contributed by atoms with E-state index in [0.29, 0.717) is 17.1 Å². The number of aromatic nitrogens is 2. The number of Topliss-reactive ketones (excluding diaryl/α,β-unsaturated/α-hetero) is 1. The van der Waals surface area contributed by atoms with Crippen LogP contribution >= 0.6 is 0 Å². The van der Waals surface area contributed by atoms with Crippen molar-refractivity contribution in [3.63, 3.8) is 0 Å². The zero-order valence-corrected chi connectivity index (χ0v) is 14.2. The number of ketones is 1. The van der Waals surface area contributed by atoms with Crippen molar-refractivity contribution in [3.8, 4) is 0 Å². The molecule has 0 bridgehead atoms. The zero-order valence-electron chi connectivity index (χ0n) is 14.2. The van der Waals surface area contributed by atoms with Crippen molar-refractivity contribution in [2.75, 3.05) is 10.6 Å². The van der Waals surface area contributed by atoms with E-state index in [-0.39, 0.29) is 17.2 Å². The second-order valence-corrected chi connectivity index (χ2v) is 5.65. The maximum absolute atomic E-state index is 13.2. The van der Waals surface area contributed by atoms with Crippen molar-refractivity contribution >= 4 is 29.0 Å². The lowest BCUT2D eigenvalue weighted by atomic mass is 10.1. The van der Waals surface area contributed by atoms with Gasteiger partial charge in [-0.25, -0.2) is 8.78 Å². The maximum atomic E-state index is 13.2. The highest BCUT2D eigenvalue weighted by atomic mass is 19.2. The number of halogens is 2. The van der Waals surface area contributed by atoms with Gasteiger partial charge in [0.1, 0.15) is 0 Å². The van der Waals surface area contributed by atoms with Crippen molar-refractivity contribution in [2.24, 2.45) is 0 Å². The molecular weight excluding hydrogens is 354 g/mol. The first-order valence-corrected chi connectivity index (χ1v) is 7.90. The summed E-state index contributed by atoms with van der Waals surface area (Å²) in [4.78, 5) is 23.3. The molecule has 2 aromatic carbocycles. The Morgan fingerprint density at radius 3 is 2.04 bits per heavy atom. The molecule has 1 heterocycles. The minimum atomic E-state index is -1.11. The summed E-state index contributed by atoms with van der Waals surface area (Å²) in [6.45, 7) is 1.49. The topological polar surface area (TPSA) is 84.0 Å². The molecule has 0 fully saturated rings. The Kier molecular flexibility index (Phi) is 5.16. The second kappa shape index (κ2) is 7.69. The fourth-order valence-electron chi connectivity index (χ4n) is 2.23. The summed E-state index contributed by atoms with van der Waals surface area (Å²) in [5.41, 5.74) is 1.28. The summed E-state index contributed by atoms with van der Waals surface area (Å²) in [5.74, 6) is -2.22. The van der Waals surface area contributed by atoms with Crippen molar-refractivity contribution in [1.29, 1.82) is 0 Å². The summed E-state index contributed by atoms with van der Waals surface area (Å²) in [6, 6.07) is 12.8. The molecule has 0 spiro atoms. The number of hydrogen-bond donors (Lipinski definition) is 2. The van der Waals surface area contributed by atoms with E-state index >= 15 is 0 Å². The molecule has 8 heteroatoms. The first-order valence-electron chi connectivity index (χ1n) is 7.90. The van der Waals surface area contributed by atoms with Crippen LogP contribution in [0.3, 0.4) is 0 Å². The normalized spacial score (nSPS) is 10.3. The third-order valence-electron chi connectivity index (χ3n) is 3.65. The summed E-state index contributed by atoms with van der Waals surface area (Å²) >= 11 is 0. The Bertz CT molecular complexity index is 990. The molecule has 27 heavy (non-hydrogen) atoms. The van der Waals surface area contributed by atoms with Gasteiger partial charge in [0.25, 0.3) is 5.91 Å². The number of carbonyl (C=O) groups excluding carboxylic acids is 2. The molecule has 0 unspecified atom stereocenters. The fourth-order valence-corrected chi connectivity index (χ4v) is 2.23. The highest BCUT2D eigenvalue weighted by Gasteiger charge is 2.11. The predicted molar refractivity (Wildman–Crippen MR) is 96.1 cm³/mol. The number of nitrogens with zero attached hydrogens (tertiary/aromatic N) is 2. The van der Waals surface area contributed by atoms with Crippen LogP contribution in [-0.4, -0.2) is 21.9 Å². The standard InChI is InChI=1S/C19H14F2N4O2/c1-11(26)12-2-5-14(6-3-12)22-17-8-9-18(25-24-17)23-19(27)13-4-7-15(20)16(21)10-13/h2-10H,1H3,(H,22,24)(H,23,25,27). The highest BCUT2D eigenvalue weighted by molar-refractivity contribution is 6.03. The van der Waals surface area contributed by atoms with Gasteiger partial charge in [-0.3, -0.25) is 9.59 Å². The van der Waals surface area contributed by atoms with Gasteiger partial charge < -0.3 is 10.6 Å². The third kappa shape index (κ3) is 4.49. The van der Waals surface area contributed by atoms with E-state index in [0.717, 1.165) is 12.1 Å². The quantitative estimate of drug-likeness (QED) is 0.666. The molecule has 0 saturated carbocycles. The first-order chi connectivity index (χ1) is 12.9. The van der Waals surface area contributed by atoms with Crippen LogP contribution in [0.2, 0.25) is 0 Å². The summed E-state index contributed by atoms with van der Waals surface area (Å²) in [7, 11) is 0. The van der Waals surface area contributed by atoms with Crippen LogP contribution in [-0.2, 0) is 0 Å². The molecule has 0 aliphatic carbocycles. The van der Waals surface area contributed by atoms with Crippen molar-refractivity contribution in [3.05, 3.63) is 77.4 Å². The van der Waals surface area contributed by atoms with Crippen molar-refractivity contribution < 1.29 is 18.4 Å². The van der Waals surface area contributed by atoms with Crippen LogP contribution in [0.5, 0.6) is 0 Å². The molecule has 6 nitrogen and oxygen atoms in total. The van der Waals surface area contributed by atoms with E-state index < -0.39 is 17.5 Å². The number of benzene rings is 2. The Morgan fingerprint density at radius 1 is 0.815 bits per heavy atom. The van der Waals surface area contributed by atoms with Gasteiger partial charge in [0.15, 0.2) is 29.1 Å². The van der Waals surface area contributed by atoms with Crippen molar-refractivity contribution in [2.45, 2.75) is 6.92 Å². The van der Waals surface area contributed by atoms with Gasteiger partial charge in [-0.2, -0.15) is 0 Å². The average molecular weight is 368 g/mol. The van der Waals surface area contributed by atoms with Crippen LogP contribution in [0.15, 0.2) is 54.6 Å². The van der Waals surface area contributed by atoms with Crippen LogP contribution in [0.1, 0.15) is 27.6 Å². The Balaban J connectivity index is 1.65. The molecule has 0 aliphatic heterocycles. The Labute approximate surface area is 153 Å². The molecule has 0 atom stereocenters. The lowest BCUT2D eigenvalue weighted by Gasteiger charge is -2.07. The van der Waals surface area contributed by atoms with Crippen LogP contribution in [0, 0.1) is 11.6 Å². The van der Waals surface area contributed by atoms with E-state index in [9.17, 15) is 18.4 Å². The van der Waals surface area contributed by atoms with E-state index in [1.54, 1.807) is 30.3 Å². The van der Waals surface area contributed by atoms with Gasteiger partial charge in [0, 0.05) is 16.8 Å². The second-order valence-electron chi connectivity index (χ2n) is 5.65. The predicted octanol–water partition coefficient (Wildman–Crippen LogP) is 3.95. The molecule has 2 N–H and O–H groups in total. The molecule has 1 amide bonds. The number of hydrogen-bond acceptors (Lipinski definition) is 5. The lowest BCUT2D eigenvalue weighted by molar-refractivity contribution is 0.101. The summed E-state index contributed by atoms with van der Waals surface area (Å²) in [5, 5.41) is 13.2. The van der Waals surface area contributed by atoms with Gasteiger partial charge >= 0.3 is 0 Å². The molecule has 3 rings (SSSR count). The monoisotopic (exact) mass is 368 g/mol. The molecular formula is C19H14F2N4O2. The minimum Gasteiger partial charge on any atom is -0.339 e.